The number of piperidine rings is 1. The van der Waals surface area contributed by atoms with Crippen LogP contribution < -0.4 is 5.32 Å². The SMILES string of the molecule is Cc1cc(-c2cc3c(F)cc(C4CCNCC4)cc3nn2)cc2cn(C)nc12.Cl. The number of aryl methyl sites for hydroxylation is 2. The van der Waals surface area contributed by atoms with Gasteiger partial charge in [0.15, 0.2) is 0 Å². The Kier molecular flexibility index (Phi) is 5.23. The van der Waals surface area contributed by atoms with Crippen molar-refractivity contribution in [1.82, 2.24) is 25.3 Å². The Balaban J connectivity index is 0.00000205. The zero-order chi connectivity index (χ0) is 19.3. The van der Waals surface area contributed by atoms with E-state index in [0.29, 0.717) is 22.5 Å². The van der Waals surface area contributed by atoms with Crippen molar-refractivity contribution in [3.63, 3.8) is 0 Å². The minimum atomic E-state index is -0.221. The predicted molar refractivity (Wildman–Crippen MR) is 116 cm³/mol. The molecule has 0 unspecified atom stereocenters. The summed E-state index contributed by atoms with van der Waals surface area (Å²) in [4.78, 5) is 0. The summed E-state index contributed by atoms with van der Waals surface area (Å²) in [6.07, 6.45) is 4.04. The lowest BCUT2D eigenvalue weighted by Crippen LogP contribution is -2.26. The number of fused-ring (bicyclic) bond motifs is 2. The lowest BCUT2D eigenvalue weighted by Gasteiger charge is -2.23. The zero-order valence-corrected chi connectivity index (χ0v) is 17.3. The molecule has 3 heterocycles. The Morgan fingerprint density at radius 2 is 1.86 bits per heavy atom. The summed E-state index contributed by atoms with van der Waals surface area (Å²) in [7, 11) is 1.91. The van der Waals surface area contributed by atoms with Gasteiger partial charge in [-0.05, 0) is 80.2 Å². The second-order valence-electron chi connectivity index (χ2n) is 7.72. The van der Waals surface area contributed by atoms with E-state index < -0.39 is 0 Å². The van der Waals surface area contributed by atoms with E-state index in [2.05, 4.69) is 20.6 Å². The molecular weight excluding hydrogens is 389 g/mol. The summed E-state index contributed by atoms with van der Waals surface area (Å²) in [6.45, 7) is 3.98. The van der Waals surface area contributed by atoms with Crippen LogP contribution in [0.15, 0.2) is 36.5 Å². The molecule has 0 spiro atoms. The molecule has 1 aliphatic rings. The molecule has 1 saturated heterocycles. The highest BCUT2D eigenvalue weighted by molar-refractivity contribution is 5.89. The van der Waals surface area contributed by atoms with E-state index in [4.69, 9.17) is 0 Å². The van der Waals surface area contributed by atoms with Crippen molar-refractivity contribution in [3.05, 3.63) is 53.5 Å². The largest absolute Gasteiger partial charge is 0.317 e. The summed E-state index contributed by atoms with van der Waals surface area (Å²) < 4.78 is 16.7. The summed E-state index contributed by atoms with van der Waals surface area (Å²) in [5.41, 5.74) is 5.29. The lowest BCUT2D eigenvalue weighted by atomic mass is 9.89. The molecule has 1 fully saturated rings. The van der Waals surface area contributed by atoms with Crippen LogP contribution in [0.4, 0.5) is 4.39 Å². The van der Waals surface area contributed by atoms with Gasteiger partial charge in [-0.25, -0.2) is 4.39 Å². The van der Waals surface area contributed by atoms with Gasteiger partial charge in [0, 0.05) is 29.6 Å². The van der Waals surface area contributed by atoms with Crippen LogP contribution in [0.2, 0.25) is 0 Å². The summed E-state index contributed by atoms with van der Waals surface area (Å²) in [6, 6.07) is 9.56. The Labute approximate surface area is 174 Å². The summed E-state index contributed by atoms with van der Waals surface area (Å²) in [5, 5.41) is 18.2. The van der Waals surface area contributed by atoms with Crippen molar-refractivity contribution in [1.29, 1.82) is 0 Å². The van der Waals surface area contributed by atoms with Crippen LogP contribution >= 0.6 is 12.4 Å². The van der Waals surface area contributed by atoms with Crippen LogP contribution in [-0.2, 0) is 7.05 Å². The highest BCUT2D eigenvalue weighted by atomic mass is 35.5. The molecule has 150 valence electrons. The molecule has 0 amide bonds. The van der Waals surface area contributed by atoms with E-state index in [9.17, 15) is 4.39 Å². The molecule has 5 nitrogen and oxygen atoms in total. The minimum Gasteiger partial charge on any atom is -0.317 e. The van der Waals surface area contributed by atoms with Gasteiger partial charge in [0.2, 0.25) is 0 Å². The zero-order valence-electron chi connectivity index (χ0n) is 16.4. The van der Waals surface area contributed by atoms with E-state index in [0.717, 1.165) is 53.5 Å². The van der Waals surface area contributed by atoms with Crippen molar-refractivity contribution in [2.24, 2.45) is 7.05 Å². The molecule has 2 aromatic heterocycles. The molecule has 4 aromatic rings. The van der Waals surface area contributed by atoms with E-state index in [-0.39, 0.29) is 18.2 Å². The van der Waals surface area contributed by atoms with Crippen LogP contribution in [0.1, 0.15) is 29.9 Å². The fourth-order valence-electron chi connectivity index (χ4n) is 4.23. The van der Waals surface area contributed by atoms with Crippen molar-refractivity contribution in [2.75, 3.05) is 13.1 Å². The maximum absolute atomic E-state index is 14.9. The van der Waals surface area contributed by atoms with E-state index in [1.165, 1.54) is 0 Å². The van der Waals surface area contributed by atoms with Crippen molar-refractivity contribution < 1.29 is 4.39 Å². The van der Waals surface area contributed by atoms with E-state index >= 15 is 0 Å². The molecular formula is C22H23ClFN5. The molecule has 2 aromatic carbocycles. The Hall–Kier alpha value is -2.57. The van der Waals surface area contributed by atoms with Crippen molar-refractivity contribution >= 4 is 34.2 Å². The molecule has 0 aliphatic carbocycles. The highest BCUT2D eigenvalue weighted by Crippen LogP contribution is 2.31. The third-order valence-electron chi connectivity index (χ3n) is 5.70. The molecule has 1 N–H and O–H groups in total. The predicted octanol–water partition coefficient (Wildman–Crippen LogP) is 4.52. The second-order valence-corrected chi connectivity index (χ2v) is 7.72. The third kappa shape index (κ3) is 3.58. The van der Waals surface area contributed by atoms with Gasteiger partial charge in [-0.1, -0.05) is 0 Å². The average Bonchev–Trinajstić information content (AvgIpc) is 3.09. The highest BCUT2D eigenvalue weighted by Gasteiger charge is 2.18. The number of halogens is 2. The van der Waals surface area contributed by atoms with Crippen LogP contribution in [0, 0.1) is 12.7 Å². The van der Waals surface area contributed by atoms with Gasteiger partial charge in [0.25, 0.3) is 0 Å². The number of benzene rings is 2. The number of rotatable bonds is 2. The molecule has 0 radical (unpaired) electrons. The normalized spacial score (nSPS) is 15.0. The van der Waals surface area contributed by atoms with Crippen molar-refractivity contribution in [2.45, 2.75) is 25.7 Å². The van der Waals surface area contributed by atoms with E-state index in [1.807, 2.05) is 38.4 Å². The first-order chi connectivity index (χ1) is 13.6. The number of nitrogens with one attached hydrogen (secondary N) is 1. The third-order valence-corrected chi connectivity index (χ3v) is 5.70. The molecule has 29 heavy (non-hydrogen) atoms. The van der Waals surface area contributed by atoms with Gasteiger partial charge >= 0.3 is 0 Å². The maximum atomic E-state index is 14.9. The first kappa shape index (κ1) is 19.7. The number of hydrogen-bond donors (Lipinski definition) is 1. The van der Waals surface area contributed by atoms with Gasteiger partial charge in [-0.2, -0.15) is 5.10 Å². The Morgan fingerprint density at radius 1 is 1.07 bits per heavy atom. The summed E-state index contributed by atoms with van der Waals surface area (Å²) >= 11 is 0. The summed E-state index contributed by atoms with van der Waals surface area (Å²) in [5.74, 6) is 0.165. The maximum Gasteiger partial charge on any atom is 0.133 e. The number of hydrogen-bond acceptors (Lipinski definition) is 4. The van der Waals surface area contributed by atoms with Gasteiger partial charge in [0.05, 0.1) is 16.7 Å². The minimum absolute atomic E-state index is 0. The van der Waals surface area contributed by atoms with Gasteiger partial charge in [-0.15, -0.1) is 22.6 Å². The van der Waals surface area contributed by atoms with Crippen LogP contribution in [0.3, 0.4) is 0 Å². The molecule has 5 rings (SSSR count). The lowest BCUT2D eigenvalue weighted by molar-refractivity contribution is 0.459. The van der Waals surface area contributed by atoms with Crippen LogP contribution in [0.25, 0.3) is 33.1 Å². The van der Waals surface area contributed by atoms with Crippen LogP contribution in [-0.4, -0.2) is 33.1 Å². The first-order valence-electron chi connectivity index (χ1n) is 9.70. The standard InChI is InChI=1S/C22H22FN5.ClH/c1-13-7-16(8-17-12-28(2)27-22(13)17)20-11-18-19(23)9-15(10-21(18)26-25-20)14-3-5-24-6-4-14;/h7-12,14,24H,3-6H2,1-2H3;1H. The monoisotopic (exact) mass is 411 g/mol. The first-order valence-corrected chi connectivity index (χ1v) is 9.70. The fraction of sp³-hybridized carbons (Fsp3) is 0.318. The average molecular weight is 412 g/mol. The molecule has 0 bridgehead atoms. The Morgan fingerprint density at radius 3 is 2.66 bits per heavy atom. The molecule has 1 aliphatic heterocycles. The Bertz CT molecular complexity index is 1200. The van der Waals surface area contributed by atoms with E-state index in [1.54, 1.807) is 16.8 Å². The molecule has 0 saturated carbocycles. The van der Waals surface area contributed by atoms with Gasteiger partial charge < -0.3 is 5.32 Å². The van der Waals surface area contributed by atoms with Gasteiger partial charge in [0.1, 0.15) is 5.82 Å². The smallest absolute Gasteiger partial charge is 0.133 e. The molecule has 0 atom stereocenters. The second kappa shape index (κ2) is 7.69. The molecule has 7 heteroatoms. The number of aromatic nitrogens is 4. The van der Waals surface area contributed by atoms with Crippen molar-refractivity contribution in [3.8, 4) is 11.3 Å². The number of nitrogens with zero attached hydrogens (tertiary/aromatic N) is 4. The quantitative estimate of drug-likeness (QED) is 0.527. The van der Waals surface area contributed by atoms with Gasteiger partial charge in [-0.3, -0.25) is 4.68 Å². The van der Waals surface area contributed by atoms with Crippen LogP contribution in [0.5, 0.6) is 0 Å². The fourth-order valence-corrected chi connectivity index (χ4v) is 4.23. The topological polar surface area (TPSA) is 55.6 Å².